The first-order valence-corrected chi connectivity index (χ1v) is 15.9. The lowest BCUT2D eigenvalue weighted by Gasteiger charge is -2.11. The Morgan fingerprint density at radius 3 is 2.06 bits per heavy atom. The van der Waals surface area contributed by atoms with Crippen LogP contribution in [-0.4, -0.2) is 23.9 Å². The van der Waals surface area contributed by atoms with Gasteiger partial charge in [-0.1, -0.05) is 84.9 Å². The zero-order valence-electron chi connectivity index (χ0n) is 25.4. The zero-order chi connectivity index (χ0) is 31.5. The molecule has 0 saturated heterocycles. The van der Waals surface area contributed by atoms with E-state index in [1.807, 2.05) is 36.4 Å². The number of nitrogens with zero attached hydrogens (tertiary/aromatic N) is 6. The van der Waals surface area contributed by atoms with Gasteiger partial charge in [-0.15, -0.1) is 0 Å². The highest BCUT2D eigenvalue weighted by Crippen LogP contribution is 2.47. The Labute approximate surface area is 272 Å². The number of rotatable bonds is 2. The molecule has 11 rings (SSSR count). The highest BCUT2D eigenvalue weighted by molar-refractivity contribution is 6.36. The second kappa shape index (κ2) is 9.12. The molecule has 6 nitrogen and oxygen atoms in total. The van der Waals surface area contributed by atoms with Crippen molar-refractivity contribution in [3.05, 3.63) is 145 Å². The van der Waals surface area contributed by atoms with Crippen LogP contribution in [0.25, 0.3) is 104 Å². The minimum Gasteiger partial charge on any atom is -0.308 e. The standard InChI is InChI=1S/C42H22N6/c1-43-27-18-16-24(17-19-27)39-30-13-8-20-44-41(30)46-42(45-39)48-35-22-26-10-3-2-9-25(26)21-32(35)37-36(48)23-31-28-11-4-6-14-33(28)47-34-15-7-5-12-29(34)38(37)40(31)47/h2-23H. The van der Waals surface area contributed by atoms with Gasteiger partial charge in [-0.25, -0.2) is 14.8 Å². The van der Waals surface area contributed by atoms with Gasteiger partial charge in [-0.05, 0) is 58.8 Å². The van der Waals surface area contributed by atoms with Crippen molar-refractivity contribution in [2.75, 3.05) is 0 Å². The summed E-state index contributed by atoms with van der Waals surface area (Å²) in [6, 6.07) is 44.4. The molecular formula is C42H22N6. The fraction of sp³-hybridized carbons (Fsp3) is 0. The SMILES string of the molecule is [C-]#[N+]c1ccc(-c2nc(-n3c4cc5ccccc5cc4c4c5c6ccccc6n6c7ccccc7c(cc43)c56)nc3ncccc23)cc1. The van der Waals surface area contributed by atoms with E-state index >= 15 is 0 Å². The van der Waals surface area contributed by atoms with Crippen LogP contribution < -0.4 is 0 Å². The van der Waals surface area contributed by atoms with E-state index in [1.54, 1.807) is 6.20 Å². The van der Waals surface area contributed by atoms with Gasteiger partial charge in [0.05, 0.1) is 39.8 Å². The summed E-state index contributed by atoms with van der Waals surface area (Å²) in [7, 11) is 0. The van der Waals surface area contributed by atoms with Crippen LogP contribution in [0.4, 0.5) is 5.69 Å². The normalized spacial score (nSPS) is 12.1. The number of fused-ring (bicyclic) bond motifs is 12. The van der Waals surface area contributed by atoms with E-state index in [0.717, 1.165) is 38.4 Å². The molecule has 0 aliphatic heterocycles. The van der Waals surface area contributed by atoms with Gasteiger partial charge in [0.25, 0.3) is 0 Å². The van der Waals surface area contributed by atoms with Crippen molar-refractivity contribution in [2.45, 2.75) is 0 Å². The maximum atomic E-state index is 7.45. The Balaban J connectivity index is 1.38. The van der Waals surface area contributed by atoms with E-state index in [1.165, 1.54) is 48.9 Å². The summed E-state index contributed by atoms with van der Waals surface area (Å²) >= 11 is 0. The summed E-state index contributed by atoms with van der Waals surface area (Å²) in [5.74, 6) is 0.558. The van der Waals surface area contributed by atoms with E-state index < -0.39 is 0 Å². The summed E-state index contributed by atoms with van der Waals surface area (Å²) in [4.78, 5) is 18.8. The summed E-state index contributed by atoms with van der Waals surface area (Å²) in [5, 5.41) is 10.4. The third kappa shape index (κ3) is 3.22. The molecule has 11 aromatic rings. The van der Waals surface area contributed by atoms with E-state index in [9.17, 15) is 0 Å². The van der Waals surface area contributed by atoms with Crippen LogP contribution in [0.5, 0.6) is 0 Å². The fourth-order valence-corrected chi connectivity index (χ4v) is 7.88. The lowest BCUT2D eigenvalue weighted by molar-refractivity contribution is 1.01. The molecule has 6 aromatic carbocycles. The monoisotopic (exact) mass is 610 g/mol. The Morgan fingerprint density at radius 2 is 1.25 bits per heavy atom. The van der Waals surface area contributed by atoms with Crippen LogP contribution in [0.2, 0.25) is 0 Å². The molecule has 0 N–H and O–H groups in total. The molecular weight excluding hydrogens is 589 g/mol. The largest absolute Gasteiger partial charge is 0.308 e. The topological polar surface area (TPSA) is 52.4 Å². The predicted octanol–water partition coefficient (Wildman–Crippen LogP) is 10.6. The number of hydrogen-bond donors (Lipinski definition) is 0. The van der Waals surface area contributed by atoms with Gasteiger partial charge >= 0.3 is 0 Å². The summed E-state index contributed by atoms with van der Waals surface area (Å²) in [6.45, 7) is 7.45. The lowest BCUT2D eigenvalue weighted by atomic mass is 10.0. The first-order valence-electron chi connectivity index (χ1n) is 15.9. The lowest BCUT2D eigenvalue weighted by Crippen LogP contribution is -2.04. The fourth-order valence-electron chi connectivity index (χ4n) is 7.88. The van der Waals surface area contributed by atoms with Crippen molar-refractivity contribution in [1.82, 2.24) is 23.9 Å². The van der Waals surface area contributed by atoms with Crippen molar-refractivity contribution in [3.8, 4) is 17.2 Å². The van der Waals surface area contributed by atoms with Gasteiger partial charge in [-0.3, -0.25) is 4.57 Å². The van der Waals surface area contributed by atoms with Gasteiger partial charge in [0.1, 0.15) is 0 Å². The van der Waals surface area contributed by atoms with Gasteiger partial charge in [0.15, 0.2) is 11.3 Å². The maximum absolute atomic E-state index is 7.45. The predicted molar refractivity (Wildman–Crippen MR) is 196 cm³/mol. The number of pyridine rings is 1. The summed E-state index contributed by atoms with van der Waals surface area (Å²) in [5.41, 5.74) is 8.62. The molecule has 0 aliphatic rings. The van der Waals surface area contributed by atoms with Crippen LogP contribution in [0.3, 0.4) is 0 Å². The molecule has 0 unspecified atom stereocenters. The Bertz CT molecular complexity index is 3180. The third-order valence-electron chi connectivity index (χ3n) is 9.90. The summed E-state index contributed by atoms with van der Waals surface area (Å²) < 4.78 is 4.66. The molecule has 0 amide bonds. The molecule has 0 atom stereocenters. The maximum Gasteiger partial charge on any atom is 0.237 e. The first kappa shape index (κ1) is 25.4. The third-order valence-corrected chi connectivity index (χ3v) is 9.90. The van der Waals surface area contributed by atoms with Crippen LogP contribution in [-0.2, 0) is 0 Å². The highest BCUT2D eigenvalue weighted by Gasteiger charge is 2.25. The number of hydrogen-bond acceptors (Lipinski definition) is 3. The van der Waals surface area contributed by atoms with Crippen LogP contribution >= 0.6 is 0 Å². The average Bonchev–Trinajstić information content (AvgIpc) is 3.77. The van der Waals surface area contributed by atoms with Crippen molar-refractivity contribution < 1.29 is 0 Å². The van der Waals surface area contributed by atoms with Crippen molar-refractivity contribution in [3.63, 3.8) is 0 Å². The molecule has 0 radical (unpaired) electrons. The molecule has 0 spiro atoms. The quantitative estimate of drug-likeness (QED) is 0.183. The van der Waals surface area contributed by atoms with E-state index in [4.69, 9.17) is 21.5 Å². The minimum absolute atomic E-state index is 0.558. The Hall–Kier alpha value is -6.84. The van der Waals surface area contributed by atoms with E-state index in [2.05, 4.69) is 105 Å². The number of aromatic nitrogens is 5. The van der Waals surface area contributed by atoms with Crippen LogP contribution in [0, 0.1) is 6.57 Å². The molecule has 48 heavy (non-hydrogen) atoms. The smallest absolute Gasteiger partial charge is 0.237 e. The van der Waals surface area contributed by atoms with Gasteiger partial charge < -0.3 is 4.40 Å². The van der Waals surface area contributed by atoms with Gasteiger partial charge in [0.2, 0.25) is 5.95 Å². The van der Waals surface area contributed by atoms with Crippen molar-refractivity contribution >= 4 is 87.4 Å². The molecule has 0 aliphatic carbocycles. The molecule has 0 bridgehead atoms. The molecule has 0 fully saturated rings. The van der Waals surface area contributed by atoms with E-state index in [0.29, 0.717) is 17.3 Å². The molecule has 0 saturated carbocycles. The minimum atomic E-state index is 0.558. The van der Waals surface area contributed by atoms with Crippen LogP contribution in [0.1, 0.15) is 0 Å². The second-order valence-corrected chi connectivity index (χ2v) is 12.4. The number of para-hydroxylation sites is 2. The zero-order valence-corrected chi connectivity index (χ0v) is 25.4. The Morgan fingerprint density at radius 1 is 0.542 bits per heavy atom. The molecule has 6 heteroatoms. The second-order valence-electron chi connectivity index (χ2n) is 12.4. The highest BCUT2D eigenvalue weighted by atomic mass is 15.2. The molecule has 5 aromatic heterocycles. The van der Waals surface area contributed by atoms with Gasteiger partial charge in [0, 0.05) is 43.9 Å². The Kier molecular flexibility index (Phi) is 4.82. The molecule has 5 heterocycles. The first-order chi connectivity index (χ1) is 23.8. The van der Waals surface area contributed by atoms with Crippen molar-refractivity contribution in [2.24, 2.45) is 0 Å². The summed E-state index contributed by atoms with van der Waals surface area (Å²) in [6.07, 6.45) is 1.78. The molecule has 220 valence electrons. The van der Waals surface area contributed by atoms with Crippen molar-refractivity contribution in [1.29, 1.82) is 0 Å². The van der Waals surface area contributed by atoms with Gasteiger partial charge in [-0.2, -0.15) is 4.98 Å². The average molecular weight is 611 g/mol. The van der Waals surface area contributed by atoms with Crippen LogP contribution in [0.15, 0.2) is 134 Å². The number of benzene rings is 6. The van der Waals surface area contributed by atoms with E-state index in [-0.39, 0.29) is 0 Å².